The highest BCUT2D eigenvalue weighted by Gasteiger charge is 2.09. The smallest absolute Gasteiger partial charge is 0.107 e. The molecule has 1 rings (SSSR count). The highest BCUT2D eigenvalue weighted by molar-refractivity contribution is 7.98. The van der Waals surface area contributed by atoms with Crippen LogP contribution in [-0.4, -0.2) is 43.3 Å². The lowest BCUT2D eigenvalue weighted by Gasteiger charge is -2.15. The highest BCUT2D eigenvalue weighted by atomic mass is 32.2. The number of nitrogens with two attached hydrogens (primary N) is 1. The minimum Gasteiger partial charge on any atom is -0.389 e. The number of hydrogen-bond acceptors (Lipinski definition) is 4. The van der Waals surface area contributed by atoms with Gasteiger partial charge in [0.05, 0.1) is 0 Å². The number of nitrogens with one attached hydrogen (secondary N) is 1. The van der Waals surface area contributed by atoms with Crippen LogP contribution in [0.1, 0.15) is 12.0 Å². The first-order valence-electron chi connectivity index (χ1n) is 5.91. The lowest BCUT2D eigenvalue weighted by atomic mass is 10.1. The van der Waals surface area contributed by atoms with Crippen molar-refractivity contribution in [2.75, 3.05) is 38.8 Å². The van der Waals surface area contributed by atoms with Gasteiger partial charge < -0.3 is 16.0 Å². The fraction of sp³-hybridized carbons (Fsp3) is 0.462. The average Bonchev–Trinajstić information content (AvgIpc) is 2.33. The molecule has 0 amide bonds. The van der Waals surface area contributed by atoms with Gasteiger partial charge in [-0.25, -0.2) is 0 Å². The lowest BCUT2D eigenvalue weighted by molar-refractivity contribution is 0.405. The van der Waals surface area contributed by atoms with E-state index in [1.54, 1.807) is 11.8 Å². The Labute approximate surface area is 119 Å². The summed E-state index contributed by atoms with van der Waals surface area (Å²) in [5, 5.41) is 3.42. The van der Waals surface area contributed by atoms with Gasteiger partial charge in [-0.3, -0.25) is 0 Å². The summed E-state index contributed by atoms with van der Waals surface area (Å²) >= 11 is 6.81. The predicted molar refractivity (Wildman–Crippen MR) is 85.8 cm³/mol. The molecule has 0 spiro atoms. The number of thiocarbonyl (C=S) groups is 1. The highest BCUT2D eigenvalue weighted by Crippen LogP contribution is 2.27. The predicted octanol–water partition coefficient (Wildman–Crippen LogP) is 2.41. The van der Waals surface area contributed by atoms with Crippen molar-refractivity contribution in [2.24, 2.45) is 5.73 Å². The molecule has 0 saturated heterocycles. The van der Waals surface area contributed by atoms with Crippen LogP contribution in [-0.2, 0) is 0 Å². The summed E-state index contributed by atoms with van der Waals surface area (Å²) in [5.41, 5.74) is 7.81. The topological polar surface area (TPSA) is 41.3 Å². The molecule has 3 N–H and O–H groups in total. The largest absolute Gasteiger partial charge is 0.389 e. The third-order valence-corrected chi connectivity index (χ3v) is 3.57. The molecule has 5 heteroatoms. The number of hydrogen-bond donors (Lipinski definition) is 2. The maximum absolute atomic E-state index is 5.81. The zero-order chi connectivity index (χ0) is 13.5. The molecule has 0 aliphatic heterocycles. The molecule has 0 fully saturated rings. The van der Waals surface area contributed by atoms with Crippen LogP contribution in [0.3, 0.4) is 0 Å². The van der Waals surface area contributed by atoms with Crippen molar-refractivity contribution in [2.45, 2.75) is 11.3 Å². The third kappa shape index (κ3) is 4.48. The Kier molecular flexibility index (Phi) is 6.46. The molecule has 0 aromatic heterocycles. The van der Waals surface area contributed by atoms with Gasteiger partial charge in [0.1, 0.15) is 4.99 Å². The summed E-state index contributed by atoms with van der Waals surface area (Å²) in [5.74, 6) is 0. The number of thioether (sulfide) groups is 1. The zero-order valence-corrected chi connectivity index (χ0v) is 12.8. The van der Waals surface area contributed by atoms with E-state index in [1.807, 2.05) is 24.5 Å². The van der Waals surface area contributed by atoms with Crippen LogP contribution in [0.2, 0.25) is 0 Å². The van der Waals surface area contributed by atoms with Gasteiger partial charge in [0.2, 0.25) is 0 Å². The van der Waals surface area contributed by atoms with Gasteiger partial charge in [0.25, 0.3) is 0 Å². The van der Waals surface area contributed by atoms with Crippen molar-refractivity contribution in [3.63, 3.8) is 0 Å². The number of anilines is 1. The van der Waals surface area contributed by atoms with Crippen molar-refractivity contribution < 1.29 is 0 Å². The maximum Gasteiger partial charge on any atom is 0.107 e. The Morgan fingerprint density at radius 1 is 1.44 bits per heavy atom. The fourth-order valence-corrected chi connectivity index (χ4v) is 2.64. The molecule has 0 unspecified atom stereocenters. The Bertz CT molecular complexity index is 405. The number of rotatable bonds is 7. The number of nitrogens with zero attached hydrogens (tertiary/aromatic N) is 1. The molecule has 0 aliphatic rings. The summed E-state index contributed by atoms with van der Waals surface area (Å²) in [4.78, 5) is 3.75. The van der Waals surface area contributed by atoms with Gasteiger partial charge in [-0.1, -0.05) is 18.3 Å². The molecule has 0 atom stereocenters. The molecule has 100 valence electrons. The average molecular weight is 283 g/mol. The minimum absolute atomic E-state index is 0.454. The van der Waals surface area contributed by atoms with E-state index < -0.39 is 0 Å². The van der Waals surface area contributed by atoms with Crippen molar-refractivity contribution in [3.8, 4) is 0 Å². The van der Waals surface area contributed by atoms with Crippen molar-refractivity contribution in [1.82, 2.24) is 4.90 Å². The van der Waals surface area contributed by atoms with E-state index >= 15 is 0 Å². The molecule has 0 saturated carbocycles. The summed E-state index contributed by atoms with van der Waals surface area (Å²) in [6.07, 6.45) is 3.13. The second-order valence-corrected chi connectivity index (χ2v) is 5.62. The zero-order valence-electron chi connectivity index (χ0n) is 11.2. The molecule has 0 aliphatic carbocycles. The van der Waals surface area contributed by atoms with E-state index in [4.69, 9.17) is 18.0 Å². The van der Waals surface area contributed by atoms with Gasteiger partial charge in [-0.2, -0.15) is 0 Å². The van der Waals surface area contributed by atoms with Crippen LogP contribution in [0.15, 0.2) is 23.1 Å². The Hall–Kier alpha value is -0.780. The van der Waals surface area contributed by atoms with Gasteiger partial charge in [0, 0.05) is 22.7 Å². The molecule has 1 aromatic carbocycles. The van der Waals surface area contributed by atoms with Crippen LogP contribution in [0.25, 0.3) is 0 Å². The van der Waals surface area contributed by atoms with Gasteiger partial charge in [-0.05, 0) is 45.4 Å². The van der Waals surface area contributed by atoms with Crippen LogP contribution >= 0.6 is 24.0 Å². The molecule has 3 nitrogen and oxygen atoms in total. The molecule has 0 heterocycles. The van der Waals surface area contributed by atoms with E-state index in [0.717, 1.165) is 35.7 Å². The first-order valence-corrected chi connectivity index (χ1v) is 7.55. The fourth-order valence-electron chi connectivity index (χ4n) is 1.72. The SMILES string of the molecule is CSc1cccc(NCCCN(C)C)c1C(N)=S. The van der Waals surface area contributed by atoms with Crippen LogP contribution in [0.4, 0.5) is 5.69 Å². The summed E-state index contributed by atoms with van der Waals surface area (Å²) in [7, 11) is 4.16. The monoisotopic (exact) mass is 283 g/mol. The van der Waals surface area contributed by atoms with Crippen LogP contribution in [0, 0.1) is 0 Å². The van der Waals surface area contributed by atoms with E-state index in [9.17, 15) is 0 Å². The molecule has 0 bridgehead atoms. The molecule has 1 aromatic rings. The van der Waals surface area contributed by atoms with Crippen LogP contribution in [0.5, 0.6) is 0 Å². The summed E-state index contributed by atoms with van der Waals surface area (Å²) in [6, 6.07) is 6.11. The second-order valence-electron chi connectivity index (χ2n) is 4.33. The van der Waals surface area contributed by atoms with E-state index in [2.05, 4.69) is 24.3 Å². The van der Waals surface area contributed by atoms with E-state index in [-0.39, 0.29) is 0 Å². The van der Waals surface area contributed by atoms with E-state index in [1.165, 1.54) is 0 Å². The second kappa shape index (κ2) is 7.61. The first-order chi connectivity index (χ1) is 8.56. The van der Waals surface area contributed by atoms with Gasteiger partial charge >= 0.3 is 0 Å². The Morgan fingerprint density at radius 3 is 2.72 bits per heavy atom. The summed E-state index contributed by atoms with van der Waals surface area (Å²) < 4.78 is 0. The van der Waals surface area contributed by atoms with E-state index in [0.29, 0.717) is 4.99 Å². The quantitative estimate of drug-likeness (QED) is 0.457. The lowest BCUT2D eigenvalue weighted by Crippen LogP contribution is -2.18. The third-order valence-electron chi connectivity index (χ3n) is 2.59. The Morgan fingerprint density at radius 2 is 2.17 bits per heavy atom. The van der Waals surface area contributed by atoms with Crippen LogP contribution < -0.4 is 11.1 Å². The van der Waals surface area contributed by atoms with Crippen molar-refractivity contribution >= 4 is 34.7 Å². The molecular formula is C13H21N3S2. The van der Waals surface area contributed by atoms with Gasteiger partial charge in [-0.15, -0.1) is 11.8 Å². The normalized spacial score (nSPS) is 10.7. The van der Waals surface area contributed by atoms with Crippen molar-refractivity contribution in [1.29, 1.82) is 0 Å². The number of benzene rings is 1. The van der Waals surface area contributed by atoms with Crippen molar-refractivity contribution in [3.05, 3.63) is 23.8 Å². The van der Waals surface area contributed by atoms with Gasteiger partial charge in [0.15, 0.2) is 0 Å². The molecule has 18 heavy (non-hydrogen) atoms. The minimum atomic E-state index is 0.454. The molecular weight excluding hydrogens is 262 g/mol. The standard InChI is InChI=1S/C13H21N3S2/c1-16(2)9-5-8-15-10-6-4-7-11(18-3)12(10)13(14)17/h4,6-7,15H,5,8-9H2,1-3H3,(H2,14,17). The summed E-state index contributed by atoms with van der Waals surface area (Å²) in [6.45, 7) is 1.99. The molecule has 0 radical (unpaired) electrons. The first kappa shape index (κ1) is 15.3. The maximum atomic E-state index is 5.81. The Balaban J connectivity index is 2.72.